The maximum Gasteiger partial charge on any atom is 0.408 e. The van der Waals surface area contributed by atoms with Gasteiger partial charge >= 0.3 is 12.1 Å². The first kappa shape index (κ1) is 20.9. The molecule has 25 heavy (non-hydrogen) atoms. The summed E-state index contributed by atoms with van der Waals surface area (Å²) in [5, 5.41) is 5.08. The van der Waals surface area contributed by atoms with Crippen molar-refractivity contribution in [3.8, 4) is 12.3 Å². The van der Waals surface area contributed by atoms with E-state index in [2.05, 4.69) is 16.6 Å². The van der Waals surface area contributed by atoms with Crippen molar-refractivity contribution in [3.05, 3.63) is 11.0 Å². The molecule has 0 fully saturated rings. The Morgan fingerprint density at radius 1 is 1.48 bits per heavy atom. The fraction of sp³-hybridized carbons (Fsp3) is 0.588. The number of amides is 2. The molecule has 2 N–H and O–H groups in total. The van der Waals surface area contributed by atoms with Gasteiger partial charge < -0.3 is 20.1 Å². The molecule has 0 spiro atoms. The van der Waals surface area contributed by atoms with Crippen molar-refractivity contribution in [2.24, 2.45) is 0 Å². The lowest BCUT2D eigenvalue weighted by molar-refractivity contribution is -0.149. The van der Waals surface area contributed by atoms with Crippen LogP contribution < -0.4 is 10.6 Å². The van der Waals surface area contributed by atoms with Gasteiger partial charge in [-0.3, -0.25) is 4.79 Å². The molecule has 0 aromatic carbocycles. The number of esters is 1. The Bertz CT molecular complexity index is 589. The summed E-state index contributed by atoms with van der Waals surface area (Å²) < 4.78 is 10.5. The van der Waals surface area contributed by atoms with Crippen LogP contribution in [0.3, 0.4) is 0 Å². The van der Waals surface area contributed by atoms with E-state index in [0.29, 0.717) is 11.3 Å². The molecule has 0 aromatic rings. The van der Waals surface area contributed by atoms with Crippen LogP contribution in [0.4, 0.5) is 4.79 Å². The monoisotopic (exact) mass is 368 g/mol. The Hall–Kier alpha value is -2.14. The second-order valence-corrected chi connectivity index (χ2v) is 7.51. The molecule has 8 heteroatoms. The third-order valence-electron chi connectivity index (χ3n) is 2.91. The molecule has 0 saturated carbocycles. The van der Waals surface area contributed by atoms with E-state index in [4.69, 9.17) is 15.9 Å². The normalized spacial score (nSPS) is 23.5. The van der Waals surface area contributed by atoms with Crippen molar-refractivity contribution >= 4 is 29.7 Å². The Morgan fingerprint density at radius 3 is 2.76 bits per heavy atom. The second-order valence-electron chi connectivity index (χ2n) is 6.45. The number of alkyl carbamates (subject to hydrolysis) is 1. The molecule has 0 bridgehead atoms. The second kappa shape index (κ2) is 9.37. The quantitative estimate of drug-likeness (QED) is 0.580. The third kappa shape index (κ3) is 7.98. The lowest BCUT2D eigenvalue weighted by atomic mass is 10.2. The van der Waals surface area contributed by atoms with Gasteiger partial charge in [-0.05, 0) is 27.7 Å². The van der Waals surface area contributed by atoms with Crippen molar-refractivity contribution in [2.45, 2.75) is 51.9 Å². The minimum Gasteiger partial charge on any atom is -0.461 e. The van der Waals surface area contributed by atoms with E-state index in [1.165, 1.54) is 0 Å². The summed E-state index contributed by atoms with van der Waals surface area (Å²) >= 11 is 1.15. The molecule has 0 radical (unpaired) electrons. The summed E-state index contributed by atoms with van der Waals surface area (Å²) in [5.41, 5.74) is -0.687. The Kier molecular flexibility index (Phi) is 7.84. The van der Waals surface area contributed by atoms with E-state index in [0.717, 1.165) is 11.8 Å². The smallest absolute Gasteiger partial charge is 0.408 e. The molecule has 7 nitrogen and oxygen atoms in total. The van der Waals surface area contributed by atoms with E-state index in [-0.39, 0.29) is 18.2 Å². The van der Waals surface area contributed by atoms with E-state index in [1.54, 1.807) is 33.8 Å². The summed E-state index contributed by atoms with van der Waals surface area (Å²) in [6, 6.07) is -0.927. The number of rotatable bonds is 3. The van der Waals surface area contributed by atoms with Gasteiger partial charge in [0.05, 0.1) is 11.4 Å². The number of carbonyl (C=O) groups excluding carboxylic acids is 3. The van der Waals surface area contributed by atoms with Gasteiger partial charge in [0, 0.05) is 12.2 Å². The highest BCUT2D eigenvalue weighted by Gasteiger charge is 2.29. The first-order chi connectivity index (χ1) is 11.6. The number of ether oxygens (including phenoxy) is 2. The van der Waals surface area contributed by atoms with Crippen LogP contribution in [0.1, 0.15) is 34.1 Å². The van der Waals surface area contributed by atoms with Crippen LogP contribution >= 0.6 is 11.8 Å². The average molecular weight is 368 g/mol. The van der Waals surface area contributed by atoms with E-state index < -0.39 is 29.8 Å². The van der Waals surface area contributed by atoms with Crippen molar-refractivity contribution in [3.63, 3.8) is 0 Å². The number of cyclic esters (lactones) is 1. The molecule has 138 valence electrons. The highest BCUT2D eigenvalue weighted by Crippen LogP contribution is 2.22. The molecule has 1 heterocycles. The molecule has 0 aliphatic carbocycles. The predicted molar refractivity (Wildman–Crippen MR) is 95.7 cm³/mol. The molecule has 2 atom stereocenters. The molecular formula is C17H24N2O5S. The van der Waals surface area contributed by atoms with Gasteiger partial charge in [0.1, 0.15) is 17.7 Å². The fourth-order valence-electron chi connectivity index (χ4n) is 1.83. The van der Waals surface area contributed by atoms with E-state index >= 15 is 0 Å². The average Bonchev–Trinajstić information content (AvgIpc) is 2.54. The molecule has 1 aliphatic heterocycles. The minimum atomic E-state index is -0.927. The predicted octanol–water partition coefficient (Wildman–Crippen LogP) is 1.58. The molecule has 0 saturated heterocycles. The van der Waals surface area contributed by atoms with E-state index in [1.807, 2.05) is 0 Å². The Morgan fingerprint density at radius 2 is 2.16 bits per heavy atom. The van der Waals surface area contributed by atoms with Gasteiger partial charge in [0.15, 0.2) is 0 Å². The van der Waals surface area contributed by atoms with Crippen molar-refractivity contribution < 1.29 is 23.9 Å². The van der Waals surface area contributed by atoms with Crippen LogP contribution in [-0.2, 0) is 19.1 Å². The zero-order chi connectivity index (χ0) is 19.0. The third-order valence-corrected chi connectivity index (χ3v) is 4.07. The standard InChI is InChI=1S/C17H24N2O5S/c1-6-9-18-14(20)13-8-7-11(2)23-15(21)12(10-25-13)19-16(22)24-17(3,4)5/h1,8,11-12H,7,9-10H2,2-5H3,(H,18,20)(H,19,22)/b13-8-/t11-,12+/m1/s1. The molecule has 0 unspecified atom stereocenters. The van der Waals surface area contributed by atoms with Crippen molar-refractivity contribution in [1.29, 1.82) is 0 Å². The Balaban J connectivity index is 2.82. The lowest BCUT2D eigenvalue weighted by Crippen LogP contribution is -2.46. The number of nitrogens with one attached hydrogen (secondary N) is 2. The van der Waals surface area contributed by atoms with E-state index in [9.17, 15) is 14.4 Å². The van der Waals surface area contributed by atoms with Crippen molar-refractivity contribution in [1.82, 2.24) is 10.6 Å². The molecule has 0 aromatic heterocycles. The first-order valence-corrected chi connectivity index (χ1v) is 8.85. The zero-order valence-corrected chi connectivity index (χ0v) is 15.7. The minimum absolute atomic E-state index is 0.112. The Labute approximate surface area is 152 Å². The summed E-state index contributed by atoms with van der Waals surface area (Å²) in [6.07, 6.45) is 6.08. The molecule has 2 amide bonds. The zero-order valence-electron chi connectivity index (χ0n) is 14.9. The fourth-order valence-corrected chi connectivity index (χ4v) is 2.81. The highest BCUT2D eigenvalue weighted by molar-refractivity contribution is 8.04. The van der Waals surface area contributed by atoms with Crippen LogP contribution in [0.5, 0.6) is 0 Å². The number of hydrogen-bond acceptors (Lipinski definition) is 6. The van der Waals surface area contributed by atoms with Gasteiger partial charge in [-0.25, -0.2) is 9.59 Å². The number of terminal acetylenes is 1. The van der Waals surface area contributed by atoms with Gasteiger partial charge in [0.2, 0.25) is 0 Å². The van der Waals surface area contributed by atoms with Crippen molar-refractivity contribution in [2.75, 3.05) is 12.3 Å². The van der Waals surface area contributed by atoms with Gasteiger partial charge in [0.25, 0.3) is 5.91 Å². The SMILES string of the molecule is C#CCNC(=O)/C1=C/C[C@@H](C)OC(=O)[C@@H](NC(=O)OC(C)(C)C)CS1. The van der Waals surface area contributed by atoms with Gasteiger partial charge in [-0.2, -0.15) is 0 Å². The number of hydrogen-bond donors (Lipinski definition) is 2. The largest absolute Gasteiger partial charge is 0.461 e. The lowest BCUT2D eigenvalue weighted by Gasteiger charge is -2.23. The highest BCUT2D eigenvalue weighted by atomic mass is 32.2. The maximum atomic E-state index is 12.2. The van der Waals surface area contributed by atoms with Gasteiger partial charge in [-0.15, -0.1) is 18.2 Å². The van der Waals surface area contributed by atoms with Crippen LogP contribution in [0.25, 0.3) is 0 Å². The number of thioether (sulfide) groups is 1. The van der Waals surface area contributed by atoms with Crippen LogP contribution in [0, 0.1) is 12.3 Å². The topological polar surface area (TPSA) is 93.7 Å². The molecule has 1 rings (SSSR count). The summed E-state index contributed by atoms with van der Waals surface area (Å²) in [4.78, 5) is 36.7. The number of carbonyl (C=O) groups is 3. The maximum absolute atomic E-state index is 12.2. The first-order valence-electron chi connectivity index (χ1n) is 7.87. The van der Waals surface area contributed by atoms with Crippen LogP contribution in [0.2, 0.25) is 0 Å². The molecular weight excluding hydrogens is 344 g/mol. The van der Waals surface area contributed by atoms with Gasteiger partial charge in [-0.1, -0.05) is 12.0 Å². The summed E-state index contributed by atoms with van der Waals surface area (Å²) in [5.74, 6) is 1.58. The molecule has 1 aliphatic rings. The van der Waals surface area contributed by atoms with Crippen LogP contribution in [-0.4, -0.2) is 48.0 Å². The summed E-state index contributed by atoms with van der Waals surface area (Å²) in [7, 11) is 0. The van der Waals surface area contributed by atoms with Crippen LogP contribution in [0.15, 0.2) is 11.0 Å². The summed E-state index contributed by atoms with van der Waals surface area (Å²) in [6.45, 7) is 7.00.